The Hall–Kier alpha value is 0.0200. The van der Waals surface area contributed by atoms with E-state index in [0.717, 1.165) is 31.7 Å². The zero-order chi connectivity index (χ0) is 13.3. The number of nitrogens with one attached hydrogen (secondary N) is 1. The van der Waals surface area contributed by atoms with Crippen molar-refractivity contribution in [1.82, 2.24) is 9.97 Å². The number of thiophene rings is 1. The van der Waals surface area contributed by atoms with E-state index in [4.69, 9.17) is 0 Å². The molecule has 0 aliphatic rings. The summed E-state index contributed by atoms with van der Waals surface area (Å²) in [5.74, 6) is 0.614. The Kier molecular flexibility index (Phi) is 4.80. The highest BCUT2D eigenvalue weighted by Gasteiger charge is 2.12. The normalized spacial score (nSPS) is 10.9. The van der Waals surface area contributed by atoms with Gasteiger partial charge in [-0.3, -0.25) is 4.79 Å². The number of aromatic nitrogens is 2. The van der Waals surface area contributed by atoms with Crippen molar-refractivity contribution >= 4 is 59.1 Å². The molecule has 0 fully saturated rings. The van der Waals surface area contributed by atoms with Crippen molar-refractivity contribution in [3.8, 4) is 10.7 Å². The maximum atomic E-state index is 11.8. The van der Waals surface area contributed by atoms with Crippen LogP contribution in [0, 0.1) is 0 Å². The lowest BCUT2D eigenvalue weighted by Crippen LogP contribution is -2.13. The first-order chi connectivity index (χ1) is 8.52. The van der Waals surface area contributed by atoms with Crippen LogP contribution in [0.5, 0.6) is 0 Å². The lowest BCUT2D eigenvalue weighted by molar-refractivity contribution is 0.862. The monoisotopic (exact) mass is 454 g/mol. The van der Waals surface area contributed by atoms with Gasteiger partial charge < -0.3 is 4.98 Å². The van der Waals surface area contributed by atoms with Gasteiger partial charge in [0.2, 0.25) is 0 Å². The quantitative estimate of drug-likeness (QED) is 0.725. The fourth-order valence-electron chi connectivity index (χ4n) is 1.49. The Labute approximate surface area is 133 Å². The molecule has 0 unspecified atom stereocenters. The summed E-state index contributed by atoms with van der Waals surface area (Å²) < 4.78 is 2.48. The number of halogens is 3. The molecule has 0 aromatic carbocycles. The Bertz CT molecular complexity index is 616. The number of hydrogen-bond acceptors (Lipinski definition) is 3. The molecule has 0 aliphatic carbocycles. The van der Waals surface area contributed by atoms with Crippen molar-refractivity contribution in [2.24, 2.45) is 0 Å². The third-order valence-electron chi connectivity index (χ3n) is 2.30. The molecule has 2 rings (SSSR count). The molecule has 0 saturated heterocycles. The molecule has 0 amide bonds. The molecule has 0 atom stereocenters. The molecular weight excluding hydrogens is 448 g/mol. The van der Waals surface area contributed by atoms with Gasteiger partial charge in [0, 0.05) is 4.47 Å². The number of hydrogen-bond donors (Lipinski definition) is 1. The zero-order valence-corrected chi connectivity index (χ0v) is 15.0. The second-order valence-electron chi connectivity index (χ2n) is 3.66. The lowest BCUT2D eigenvalue weighted by atomic mass is 10.2. The van der Waals surface area contributed by atoms with Gasteiger partial charge in [-0.05, 0) is 60.3 Å². The molecule has 0 spiro atoms. The smallest absolute Gasteiger partial charge is 0.265 e. The largest absolute Gasteiger partial charge is 0.305 e. The summed E-state index contributed by atoms with van der Waals surface area (Å²) in [6.45, 7) is 2.06. The molecular formula is C11H9Br3N2OS. The van der Waals surface area contributed by atoms with Gasteiger partial charge in [0.15, 0.2) is 5.82 Å². The Morgan fingerprint density at radius 2 is 2.11 bits per heavy atom. The van der Waals surface area contributed by atoms with Crippen LogP contribution in [0.1, 0.15) is 19.0 Å². The van der Waals surface area contributed by atoms with E-state index in [-0.39, 0.29) is 5.56 Å². The number of nitrogens with zero attached hydrogens (tertiary/aromatic N) is 1. The molecule has 0 aliphatic heterocycles. The van der Waals surface area contributed by atoms with Crippen molar-refractivity contribution in [3.05, 3.63) is 34.8 Å². The first-order valence-electron chi connectivity index (χ1n) is 5.26. The standard InChI is InChI=1S/C11H9Br3N2OS/c1-2-3-6-8(13)11(17)16-10(15-6)7-4-5(12)9(14)18-7/h4H,2-3H2,1H3,(H,15,16,17). The molecule has 0 saturated carbocycles. The minimum Gasteiger partial charge on any atom is -0.305 e. The van der Waals surface area contributed by atoms with Gasteiger partial charge in [-0.15, -0.1) is 11.3 Å². The van der Waals surface area contributed by atoms with Gasteiger partial charge in [-0.25, -0.2) is 4.98 Å². The summed E-state index contributed by atoms with van der Waals surface area (Å²) in [7, 11) is 0. The van der Waals surface area contributed by atoms with Crippen LogP contribution >= 0.6 is 59.1 Å². The fraction of sp³-hybridized carbons (Fsp3) is 0.273. The van der Waals surface area contributed by atoms with Crippen LogP contribution in [-0.2, 0) is 6.42 Å². The minimum atomic E-state index is -0.135. The van der Waals surface area contributed by atoms with Crippen LogP contribution in [0.3, 0.4) is 0 Å². The van der Waals surface area contributed by atoms with E-state index >= 15 is 0 Å². The number of aryl methyl sites for hydroxylation is 1. The van der Waals surface area contributed by atoms with E-state index in [2.05, 4.69) is 64.7 Å². The summed E-state index contributed by atoms with van der Waals surface area (Å²) in [4.78, 5) is 20.1. The van der Waals surface area contributed by atoms with Crippen molar-refractivity contribution in [2.75, 3.05) is 0 Å². The predicted octanol–water partition coefficient (Wildman–Crippen LogP) is 4.74. The van der Waals surface area contributed by atoms with Crippen LogP contribution in [0.25, 0.3) is 10.7 Å². The van der Waals surface area contributed by atoms with Crippen LogP contribution in [-0.4, -0.2) is 9.97 Å². The van der Waals surface area contributed by atoms with Crippen molar-refractivity contribution in [1.29, 1.82) is 0 Å². The van der Waals surface area contributed by atoms with E-state index in [9.17, 15) is 4.79 Å². The molecule has 2 aromatic rings. The highest BCUT2D eigenvalue weighted by Crippen LogP contribution is 2.36. The van der Waals surface area contributed by atoms with Gasteiger partial charge in [0.1, 0.15) is 4.47 Å². The number of aromatic amines is 1. The summed E-state index contributed by atoms with van der Waals surface area (Å²) in [6, 6.07) is 1.94. The van der Waals surface area contributed by atoms with Crippen LogP contribution < -0.4 is 5.56 Å². The number of rotatable bonds is 3. The third-order valence-corrected chi connectivity index (χ3v) is 6.38. The summed E-state index contributed by atoms with van der Waals surface area (Å²) >= 11 is 11.7. The van der Waals surface area contributed by atoms with Crippen molar-refractivity contribution < 1.29 is 0 Å². The molecule has 18 heavy (non-hydrogen) atoms. The van der Waals surface area contributed by atoms with E-state index < -0.39 is 0 Å². The predicted molar refractivity (Wildman–Crippen MR) is 85.3 cm³/mol. The summed E-state index contributed by atoms with van der Waals surface area (Å²) in [5.41, 5.74) is 0.668. The van der Waals surface area contributed by atoms with Gasteiger partial charge >= 0.3 is 0 Å². The fourth-order valence-corrected chi connectivity index (χ4v) is 3.85. The van der Waals surface area contributed by atoms with Crippen LogP contribution in [0.4, 0.5) is 0 Å². The highest BCUT2D eigenvalue weighted by atomic mass is 79.9. The van der Waals surface area contributed by atoms with E-state index in [0.29, 0.717) is 10.3 Å². The molecule has 7 heteroatoms. The minimum absolute atomic E-state index is 0.135. The molecule has 3 nitrogen and oxygen atoms in total. The third kappa shape index (κ3) is 2.95. The average molecular weight is 457 g/mol. The second kappa shape index (κ2) is 5.98. The van der Waals surface area contributed by atoms with Crippen molar-refractivity contribution in [2.45, 2.75) is 19.8 Å². The van der Waals surface area contributed by atoms with Crippen LogP contribution in [0.15, 0.2) is 23.6 Å². The van der Waals surface area contributed by atoms with Crippen molar-refractivity contribution in [3.63, 3.8) is 0 Å². The van der Waals surface area contributed by atoms with E-state index in [1.165, 1.54) is 11.3 Å². The maximum Gasteiger partial charge on any atom is 0.265 e. The number of H-pyrrole nitrogens is 1. The summed E-state index contributed by atoms with van der Waals surface area (Å²) in [6.07, 6.45) is 1.73. The Balaban J connectivity index is 2.55. The highest BCUT2D eigenvalue weighted by molar-refractivity contribution is 9.13. The van der Waals surface area contributed by atoms with Crippen LogP contribution in [0.2, 0.25) is 0 Å². The molecule has 1 N–H and O–H groups in total. The maximum absolute atomic E-state index is 11.8. The molecule has 0 bridgehead atoms. The van der Waals surface area contributed by atoms with Gasteiger partial charge in [0.05, 0.1) is 14.4 Å². The molecule has 2 aromatic heterocycles. The Morgan fingerprint density at radius 3 is 2.67 bits per heavy atom. The zero-order valence-electron chi connectivity index (χ0n) is 9.39. The lowest BCUT2D eigenvalue weighted by Gasteiger charge is -2.04. The first-order valence-corrected chi connectivity index (χ1v) is 8.46. The Morgan fingerprint density at radius 1 is 1.39 bits per heavy atom. The summed E-state index contributed by atoms with van der Waals surface area (Å²) in [5, 5.41) is 0. The molecule has 96 valence electrons. The van der Waals surface area contributed by atoms with Gasteiger partial charge in [0.25, 0.3) is 5.56 Å². The van der Waals surface area contributed by atoms with Gasteiger partial charge in [-0.2, -0.15) is 0 Å². The van der Waals surface area contributed by atoms with E-state index in [1.807, 2.05) is 6.07 Å². The molecule has 2 heterocycles. The SMILES string of the molecule is CCCc1nc(-c2cc(Br)c(Br)s2)[nH]c(=O)c1Br. The average Bonchev–Trinajstić information content (AvgIpc) is 2.65. The second-order valence-corrected chi connectivity index (χ2v) is 7.67. The van der Waals surface area contributed by atoms with Gasteiger partial charge in [-0.1, -0.05) is 13.3 Å². The van der Waals surface area contributed by atoms with E-state index in [1.54, 1.807) is 0 Å². The first kappa shape index (κ1) is 14.4. The molecule has 0 radical (unpaired) electrons. The topological polar surface area (TPSA) is 45.8 Å².